The maximum Gasteiger partial charge on any atom is 0.573 e. The molecule has 0 aliphatic heterocycles. The smallest absolute Gasteiger partial charge is 0.493 e. The van der Waals surface area contributed by atoms with Crippen molar-refractivity contribution in [1.82, 2.24) is 15.6 Å². The Balaban J connectivity index is 1.44. The molecule has 0 radical (unpaired) electrons. The number of halogens is 3. The molecule has 0 aliphatic rings. The highest BCUT2D eigenvalue weighted by atomic mass is 19.4. The Bertz CT molecular complexity index is 1180. The van der Waals surface area contributed by atoms with E-state index < -0.39 is 30.5 Å². The van der Waals surface area contributed by atoms with Crippen molar-refractivity contribution >= 4 is 11.8 Å². The predicted molar refractivity (Wildman–Crippen MR) is 118 cm³/mol. The molecule has 0 fully saturated rings. The van der Waals surface area contributed by atoms with Gasteiger partial charge >= 0.3 is 6.36 Å². The van der Waals surface area contributed by atoms with Crippen LogP contribution in [0, 0.1) is 0 Å². The van der Waals surface area contributed by atoms with E-state index in [-0.39, 0.29) is 30.4 Å². The summed E-state index contributed by atoms with van der Waals surface area (Å²) < 4.78 is 61.3. The van der Waals surface area contributed by atoms with Gasteiger partial charge in [0.2, 0.25) is 5.89 Å². The van der Waals surface area contributed by atoms with E-state index in [1.165, 1.54) is 26.4 Å². The summed E-state index contributed by atoms with van der Waals surface area (Å²) in [6.07, 6.45) is -3.65. The van der Waals surface area contributed by atoms with Crippen molar-refractivity contribution in [2.45, 2.75) is 19.5 Å². The first-order valence-electron chi connectivity index (χ1n) is 10.4. The number of alkyl halides is 3. The van der Waals surface area contributed by atoms with Crippen LogP contribution < -0.4 is 29.6 Å². The Morgan fingerprint density at radius 3 is 2.36 bits per heavy atom. The van der Waals surface area contributed by atoms with Crippen LogP contribution in [0.1, 0.15) is 21.9 Å². The average molecular weight is 509 g/mol. The lowest BCUT2D eigenvalue weighted by Crippen LogP contribution is -2.28. The highest BCUT2D eigenvalue weighted by Gasteiger charge is 2.31. The van der Waals surface area contributed by atoms with Crippen molar-refractivity contribution in [3.63, 3.8) is 0 Å². The second kappa shape index (κ2) is 11.8. The third kappa shape index (κ3) is 7.55. The third-order valence-electron chi connectivity index (χ3n) is 4.57. The van der Waals surface area contributed by atoms with Crippen LogP contribution in [0.4, 0.5) is 13.2 Å². The Morgan fingerprint density at radius 2 is 1.69 bits per heavy atom. The fourth-order valence-electron chi connectivity index (χ4n) is 2.97. The number of benzene rings is 2. The van der Waals surface area contributed by atoms with Gasteiger partial charge < -0.3 is 34.0 Å². The molecule has 36 heavy (non-hydrogen) atoms. The first kappa shape index (κ1) is 26.2. The van der Waals surface area contributed by atoms with Crippen LogP contribution >= 0.6 is 0 Å². The molecular weight excluding hydrogens is 487 g/mol. The van der Waals surface area contributed by atoms with Gasteiger partial charge in [-0.05, 0) is 30.3 Å². The van der Waals surface area contributed by atoms with E-state index in [0.717, 1.165) is 18.4 Å². The number of oxazole rings is 1. The van der Waals surface area contributed by atoms with E-state index in [1.54, 1.807) is 18.2 Å². The van der Waals surface area contributed by atoms with E-state index >= 15 is 0 Å². The molecule has 192 valence electrons. The number of nitrogens with zero attached hydrogens (tertiary/aromatic N) is 1. The van der Waals surface area contributed by atoms with Gasteiger partial charge in [-0.2, -0.15) is 0 Å². The number of aromatic nitrogens is 1. The van der Waals surface area contributed by atoms with E-state index in [1.807, 2.05) is 0 Å². The zero-order chi connectivity index (χ0) is 26.1. The molecule has 1 heterocycles. The van der Waals surface area contributed by atoms with Gasteiger partial charge in [-0.3, -0.25) is 9.59 Å². The Kier molecular flexibility index (Phi) is 8.60. The highest BCUT2D eigenvalue weighted by Crippen LogP contribution is 2.30. The molecule has 0 saturated heterocycles. The number of carbonyl (C=O) groups is 2. The van der Waals surface area contributed by atoms with Gasteiger partial charge in [0.05, 0.1) is 20.8 Å². The second-order valence-corrected chi connectivity index (χ2v) is 7.05. The normalized spacial score (nSPS) is 10.9. The summed E-state index contributed by atoms with van der Waals surface area (Å²) >= 11 is 0. The van der Waals surface area contributed by atoms with Crippen LogP contribution in [0.3, 0.4) is 0 Å². The minimum atomic E-state index is -4.80. The van der Waals surface area contributed by atoms with Crippen molar-refractivity contribution in [2.75, 3.05) is 20.8 Å². The van der Waals surface area contributed by atoms with Crippen molar-refractivity contribution in [3.8, 4) is 23.0 Å². The molecule has 0 spiro atoms. The largest absolute Gasteiger partial charge is 0.573 e. The minimum Gasteiger partial charge on any atom is -0.493 e. The topological polar surface area (TPSA) is 121 Å². The van der Waals surface area contributed by atoms with E-state index in [4.69, 9.17) is 18.6 Å². The number of hydrogen-bond acceptors (Lipinski definition) is 8. The van der Waals surface area contributed by atoms with E-state index in [2.05, 4.69) is 20.4 Å². The van der Waals surface area contributed by atoms with Crippen molar-refractivity contribution in [3.05, 3.63) is 65.9 Å². The standard InChI is InChI=1S/C23H22F3N3O7/c1-32-18-5-3-4-14(21(18)33-2)10-28-22(31)17-12-35-20(29-17)11-27-19(30)13-34-15-6-8-16(9-7-15)36-23(24,25)26/h3-9,12H,10-11,13H2,1-2H3,(H,27,30)(H,28,31). The predicted octanol–water partition coefficient (Wildman–Crippen LogP) is 3.22. The second-order valence-electron chi connectivity index (χ2n) is 7.05. The molecule has 0 bridgehead atoms. The number of ether oxygens (including phenoxy) is 4. The molecule has 13 heteroatoms. The first-order valence-corrected chi connectivity index (χ1v) is 10.4. The number of nitrogens with one attached hydrogen (secondary N) is 2. The molecule has 0 aliphatic carbocycles. The molecular formula is C23H22F3N3O7. The number of para-hydroxylation sites is 1. The maximum absolute atomic E-state index is 12.4. The molecule has 1 aromatic heterocycles. The fourth-order valence-corrected chi connectivity index (χ4v) is 2.97. The van der Waals surface area contributed by atoms with Crippen LogP contribution in [-0.4, -0.2) is 44.0 Å². The van der Waals surface area contributed by atoms with Crippen molar-refractivity contribution in [1.29, 1.82) is 0 Å². The SMILES string of the molecule is COc1cccc(CNC(=O)c2coc(CNC(=O)COc3ccc(OC(F)(F)F)cc3)n2)c1OC. The molecule has 3 rings (SSSR count). The monoisotopic (exact) mass is 509 g/mol. The zero-order valence-electron chi connectivity index (χ0n) is 19.2. The lowest BCUT2D eigenvalue weighted by Gasteiger charge is -2.12. The van der Waals surface area contributed by atoms with Gasteiger partial charge in [0, 0.05) is 12.1 Å². The number of methoxy groups -OCH3 is 2. The molecule has 3 aromatic rings. The Morgan fingerprint density at radius 1 is 0.972 bits per heavy atom. The zero-order valence-corrected chi connectivity index (χ0v) is 19.2. The first-order chi connectivity index (χ1) is 17.2. The Labute approximate surface area is 203 Å². The number of hydrogen-bond donors (Lipinski definition) is 2. The van der Waals surface area contributed by atoms with E-state index in [9.17, 15) is 22.8 Å². The highest BCUT2D eigenvalue weighted by molar-refractivity contribution is 5.91. The molecule has 2 amide bonds. The fraction of sp³-hybridized carbons (Fsp3) is 0.261. The lowest BCUT2D eigenvalue weighted by molar-refractivity contribution is -0.274. The van der Waals surface area contributed by atoms with Crippen LogP contribution in [0.25, 0.3) is 0 Å². The molecule has 0 unspecified atom stereocenters. The molecule has 2 aromatic carbocycles. The summed E-state index contributed by atoms with van der Waals surface area (Å²) in [6, 6.07) is 9.85. The average Bonchev–Trinajstić information content (AvgIpc) is 3.33. The number of carbonyl (C=O) groups excluding carboxylic acids is 2. The van der Waals surface area contributed by atoms with Crippen LogP contribution in [0.5, 0.6) is 23.0 Å². The summed E-state index contributed by atoms with van der Waals surface area (Å²) in [7, 11) is 3.01. The quantitative estimate of drug-likeness (QED) is 0.404. The summed E-state index contributed by atoms with van der Waals surface area (Å²) in [6.45, 7) is -0.369. The van der Waals surface area contributed by atoms with E-state index in [0.29, 0.717) is 17.1 Å². The molecule has 10 nitrogen and oxygen atoms in total. The summed E-state index contributed by atoms with van der Waals surface area (Å²) in [5.41, 5.74) is 0.710. The summed E-state index contributed by atoms with van der Waals surface area (Å²) in [4.78, 5) is 28.4. The van der Waals surface area contributed by atoms with Gasteiger partial charge in [0.1, 0.15) is 17.8 Å². The molecule has 2 N–H and O–H groups in total. The van der Waals surface area contributed by atoms with Crippen molar-refractivity contribution in [2.24, 2.45) is 0 Å². The van der Waals surface area contributed by atoms with Crippen molar-refractivity contribution < 1.29 is 46.1 Å². The van der Waals surface area contributed by atoms with Crippen LogP contribution in [0.2, 0.25) is 0 Å². The van der Waals surface area contributed by atoms with Gasteiger partial charge in [0.25, 0.3) is 11.8 Å². The molecule has 0 saturated carbocycles. The van der Waals surface area contributed by atoms with Gasteiger partial charge in [0.15, 0.2) is 23.8 Å². The maximum atomic E-state index is 12.4. The minimum absolute atomic E-state index is 0.0125. The van der Waals surface area contributed by atoms with Gasteiger partial charge in [-0.15, -0.1) is 13.2 Å². The third-order valence-corrected chi connectivity index (χ3v) is 4.57. The van der Waals surface area contributed by atoms with Crippen LogP contribution in [-0.2, 0) is 17.9 Å². The molecule has 0 atom stereocenters. The number of amides is 2. The Hall–Kier alpha value is -4.42. The van der Waals surface area contributed by atoms with Gasteiger partial charge in [-0.1, -0.05) is 12.1 Å². The van der Waals surface area contributed by atoms with Crippen LogP contribution in [0.15, 0.2) is 53.1 Å². The summed E-state index contributed by atoms with van der Waals surface area (Å²) in [5.74, 6) is -0.173. The van der Waals surface area contributed by atoms with Gasteiger partial charge in [-0.25, -0.2) is 4.98 Å². The summed E-state index contributed by atoms with van der Waals surface area (Å²) in [5, 5.41) is 5.19. The lowest BCUT2D eigenvalue weighted by atomic mass is 10.2. The number of rotatable bonds is 11.